The Bertz CT molecular complexity index is 160. The van der Waals surface area contributed by atoms with Gasteiger partial charge in [0.05, 0.1) is 0 Å². The molecule has 1 saturated heterocycles. The maximum absolute atomic E-state index is 10.9. The van der Waals surface area contributed by atoms with E-state index in [4.69, 9.17) is 0 Å². The molecule has 0 unspecified atom stereocenters. The van der Waals surface area contributed by atoms with Crippen LogP contribution < -0.4 is 0 Å². The normalized spacial score (nSPS) is 17.4. The lowest BCUT2D eigenvalue weighted by molar-refractivity contribution is -0.147. The van der Waals surface area contributed by atoms with Crippen molar-refractivity contribution in [3.63, 3.8) is 0 Å². The number of likely N-dealkylation sites (tertiary alicyclic amines) is 1. The molecular weight excluding hydrogens is 166 g/mol. The maximum Gasteiger partial charge on any atom is 0.229 e. The van der Waals surface area contributed by atoms with Crippen LogP contribution in [-0.2, 0) is 9.59 Å². The molecule has 0 spiro atoms. The Morgan fingerprint density at radius 3 is 1.77 bits per heavy atom. The van der Waals surface area contributed by atoms with Crippen LogP contribution in [0.3, 0.4) is 0 Å². The third kappa shape index (κ3) is 4.06. The third-order valence-electron chi connectivity index (χ3n) is 1.79. The Labute approximate surface area is 81.1 Å². The molecule has 1 aliphatic rings. The molecule has 0 N–H and O–H groups in total. The van der Waals surface area contributed by atoms with E-state index in [1.807, 2.05) is 20.8 Å². The van der Waals surface area contributed by atoms with Gasteiger partial charge in [-0.2, -0.15) is 0 Å². The molecule has 0 aromatic carbocycles. The molecule has 1 fully saturated rings. The monoisotopic (exact) mass is 187 g/mol. The van der Waals surface area contributed by atoms with Crippen LogP contribution in [0.25, 0.3) is 0 Å². The lowest BCUT2D eigenvalue weighted by atomic mass is 9.98. The fraction of sp³-hybridized carbons (Fsp3) is 0.800. The summed E-state index contributed by atoms with van der Waals surface area (Å²) in [5.41, 5.74) is 0. The summed E-state index contributed by atoms with van der Waals surface area (Å²) in [5, 5.41) is 0. The summed E-state index contributed by atoms with van der Waals surface area (Å²) in [7, 11) is 1.54. The van der Waals surface area contributed by atoms with Gasteiger partial charge in [-0.25, -0.2) is 0 Å². The fourth-order valence-electron chi connectivity index (χ4n) is 1.08. The molecule has 78 valence electrons. The van der Waals surface area contributed by atoms with Crippen LogP contribution in [0.1, 0.15) is 41.0 Å². The van der Waals surface area contributed by atoms with Gasteiger partial charge in [0.1, 0.15) is 0 Å². The maximum atomic E-state index is 10.9. The Hall–Kier alpha value is -0.860. The molecule has 3 heteroatoms. The molecular formula is C10H21NO2. The lowest BCUT2D eigenvalue weighted by Crippen LogP contribution is -2.39. The molecule has 0 aromatic heterocycles. The summed E-state index contributed by atoms with van der Waals surface area (Å²) in [6.45, 7) is 5.92. The molecule has 1 rings (SSSR count). The highest BCUT2D eigenvalue weighted by Crippen LogP contribution is 2.16. The van der Waals surface area contributed by atoms with Crippen molar-refractivity contribution in [3.8, 4) is 0 Å². The molecule has 3 nitrogen and oxygen atoms in total. The predicted molar refractivity (Wildman–Crippen MR) is 54.3 cm³/mol. The molecule has 0 aliphatic carbocycles. The van der Waals surface area contributed by atoms with Gasteiger partial charge in [0, 0.05) is 19.9 Å². The smallest absolute Gasteiger partial charge is 0.229 e. The molecule has 1 heterocycles. The summed E-state index contributed by atoms with van der Waals surface area (Å²) >= 11 is 0. The van der Waals surface area contributed by atoms with Crippen molar-refractivity contribution in [2.45, 2.75) is 41.0 Å². The minimum atomic E-state index is -0.0521. The van der Waals surface area contributed by atoms with Gasteiger partial charge in [-0.15, -0.1) is 0 Å². The van der Waals surface area contributed by atoms with E-state index in [2.05, 4.69) is 0 Å². The van der Waals surface area contributed by atoms with E-state index < -0.39 is 0 Å². The van der Waals surface area contributed by atoms with E-state index in [1.54, 1.807) is 0 Å². The number of imide groups is 1. The standard InChI is InChI=1S/C7H11NO2.C2H6.CH4/c1-5-3-6(9)8(2)7(10)4-5;1-2;/h5H,3-4H2,1-2H3;1-2H3;1H4. The first kappa shape index (κ1) is 14.7. The Morgan fingerprint density at radius 2 is 1.46 bits per heavy atom. The highest BCUT2D eigenvalue weighted by Gasteiger charge is 2.26. The second-order valence-electron chi connectivity index (χ2n) is 2.86. The Morgan fingerprint density at radius 1 is 1.15 bits per heavy atom. The van der Waals surface area contributed by atoms with Crippen molar-refractivity contribution in [1.29, 1.82) is 0 Å². The van der Waals surface area contributed by atoms with Gasteiger partial charge in [0.25, 0.3) is 0 Å². The van der Waals surface area contributed by atoms with Crippen LogP contribution in [0.15, 0.2) is 0 Å². The zero-order valence-corrected chi connectivity index (χ0v) is 8.26. The third-order valence-corrected chi connectivity index (χ3v) is 1.79. The largest absolute Gasteiger partial charge is 0.286 e. The minimum Gasteiger partial charge on any atom is -0.286 e. The van der Waals surface area contributed by atoms with Gasteiger partial charge in [-0.3, -0.25) is 14.5 Å². The Kier molecular flexibility index (Phi) is 7.48. The first-order valence-corrected chi connectivity index (χ1v) is 4.40. The van der Waals surface area contributed by atoms with E-state index >= 15 is 0 Å². The first-order valence-electron chi connectivity index (χ1n) is 4.40. The molecule has 2 amide bonds. The Balaban J connectivity index is 0. The summed E-state index contributed by atoms with van der Waals surface area (Å²) in [5.74, 6) is 0.128. The van der Waals surface area contributed by atoms with Crippen molar-refractivity contribution in [2.75, 3.05) is 7.05 Å². The number of rotatable bonds is 0. The lowest BCUT2D eigenvalue weighted by Gasteiger charge is -2.24. The van der Waals surface area contributed by atoms with Gasteiger partial charge < -0.3 is 0 Å². The highest BCUT2D eigenvalue weighted by atomic mass is 16.2. The topological polar surface area (TPSA) is 37.4 Å². The number of amides is 2. The van der Waals surface area contributed by atoms with Crippen molar-refractivity contribution >= 4 is 11.8 Å². The minimum absolute atomic E-state index is 0. The first-order chi connectivity index (χ1) is 5.61. The van der Waals surface area contributed by atoms with Gasteiger partial charge in [-0.05, 0) is 5.92 Å². The van der Waals surface area contributed by atoms with E-state index in [1.165, 1.54) is 11.9 Å². The molecule has 13 heavy (non-hydrogen) atoms. The zero-order valence-electron chi connectivity index (χ0n) is 8.26. The van der Waals surface area contributed by atoms with E-state index in [9.17, 15) is 9.59 Å². The average Bonchev–Trinajstić information content (AvgIpc) is 2.04. The number of piperidine rings is 1. The highest BCUT2D eigenvalue weighted by molar-refractivity contribution is 5.97. The number of carbonyl (C=O) groups excluding carboxylic acids is 2. The van der Waals surface area contributed by atoms with Crippen LogP contribution in [0.5, 0.6) is 0 Å². The van der Waals surface area contributed by atoms with Crippen LogP contribution in [-0.4, -0.2) is 23.8 Å². The van der Waals surface area contributed by atoms with Gasteiger partial charge >= 0.3 is 0 Å². The number of hydrogen-bond acceptors (Lipinski definition) is 2. The SMILES string of the molecule is C.CC.CC1CC(=O)N(C)C(=O)C1. The van der Waals surface area contributed by atoms with Gasteiger partial charge in [0.2, 0.25) is 11.8 Å². The second-order valence-corrected chi connectivity index (χ2v) is 2.86. The van der Waals surface area contributed by atoms with Gasteiger partial charge in [-0.1, -0.05) is 28.2 Å². The molecule has 0 saturated carbocycles. The summed E-state index contributed by atoms with van der Waals surface area (Å²) in [4.78, 5) is 23.0. The predicted octanol–water partition coefficient (Wildman–Crippen LogP) is 2.06. The molecule has 1 aliphatic heterocycles. The van der Waals surface area contributed by atoms with E-state index in [-0.39, 0.29) is 25.2 Å². The molecule has 0 bridgehead atoms. The molecule has 0 aromatic rings. The summed E-state index contributed by atoms with van der Waals surface area (Å²) in [6.07, 6.45) is 1.03. The van der Waals surface area contributed by atoms with E-state index in [0.29, 0.717) is 12.8 Å². The van der Waals surface area contributed by atoms with Crippen LogP contribution in [0.2, 0.25) is 0 Å². The van der Waals surface area contributed by atoms with Gasteiger partial charge in [0.15, 0.2) is 0 Å². The zero-order chi connectivity index (χ0) is 9.72. The van der Waals surface area contributed by atoms with Crippen molar-refractivity contribution in [3.05, 3.63) is 0 Å². The molecule has 0 radical (unpaired) electrons. The quantitative estimate of drug-likeness (QED) is 0.544. The summed E-state index contributed by atoms with van der Waals surface area (Å²) < 4.78 is 0. The molecule has 0 atom stereocenters. The van der Waals surface area contributed by atoms with Crippen LogP contribution in [0, 0.1) is 5.92 Å². The second kappa shape index (κ2) is 6.63. The number of carbonyl (C=O) groups is 2. The van der Waals surface area contributed by atoms with Crippen molar-refractivity contribution < 1.29 is 9.59 Å². The fourth-order valence-corrected chi connectivity index (χ4v) is 1.08. The van der Waals surface area contributed by atoms with Crippen molar-refractivity contribution in [1.82, 2.24) is 4.90 Å². The number of nitrogens with zero attached hydrogens (tertiary/aromatic N) is 1. The van der Waals surface area contributed by atoms with Crippen molar-refractivity contribution in [2.24, 2.45) is 5.92 Å². The average molecular weight is 187 g/mol. The van der Waals surface area contributed by atoms with E-state index in [0.717, 1.165) is 0 Å². The van der Waals surface area contributed by atoms with Crippen LogP contribution in [0.4, 0.5) is 0 Å². The van der Waals surface area contributed by atoms with Crippen LogP contribution >= 0.6 is 0 Å². The summed E-state index contributed by atoms with van der Waals surface area (Å²) in [6, 6.07) is 0. The number of hydrogen-bond donors (Lipinski definition) is 0.